The molecule has 0 radical (unpaired) electrons. The zero-order valence-electron chi connectivity index (χ0n) is 15.1. The second kappa shape index (κ2) is 11.5. The Labute approximate surface area is 147 Å². The van der Waals surface area contributed by atoms with Crippen molar-refractivity contribution in [3.05, 3.63) is 23.8 Å². The van der Waals surface area contributed by atoms with Crippen LogP contribution in [-0.2, 0) is 11.2 Å². The molecule has 0 bridgehead atoms. The molecule has 1 aliphatic rings. The molecule has 23 heavy (non-hydrogen) atoms. The fraction of sp³-hybridized carbons (Fsp3) is 0.632. The summed E-state index contributed by atoms with van der Waals surface area (Å²) in [5.74, 6) is 3.51. The molecule has 2 rings (SSSR count). The van der Waals surface area contributed by atoms with Crippen molar-refractivity contribution in [3.63, 3.8) is 0 Å². The molecular formula is C19H31AlO3. The van der Waals surface area contributed by atoms with Gasteiger partial charge in [0.1, 0.15) is 19.5 Å². The van der Waals surface area contributed by atoms with Gasteiger partial charge in [0.15, 0.2) is 11.5 Å². The largest absolute Gasteiger partial charge is 0.486 e. The normalized spacial score (nSPS) is 12.6. The maximum Gasteiger partial charge on any atom is 0.237 e. The first-order chi connectivity index (χ1) is 11.0. The van der Waals surface area contributed by atoms with Crippen LogP contribution in [0.3, 0.4) is 0 Å². The van der Waals surface area contributed by atoms with Gasteiger partial charge in [-0.05, 0) is 18.1 Å². The van der Waals surface area contributed by atoms with Crippen molar-refractivity contribution in [3.8, 4) is 11.5 Å². The highest BCUT2D eigenvalue weighted by atomic mass is 27.1. The van der Waals surface area contributed by atoms with E-state index >= 15 is 0 Å². The summed E-state index contributed by atoms with van der Waals surface area (Å²) in [5.41, 5.74) is 1.05. The third kappa shape index (κ3) is 8.44. The molecule has 0 fully saturated rings. The van der Waals surface area contributed by atoms with E-state index in [1.807, 2.05) is 18.2 Å². The average molecular weight is 334 g/mol. The van der Waals surface area contributed by atoms with Crippen molar-refractivity contribution in [2.45, 2.75) is 51.1 Å². The van der Waals surface area contributed by atoms with Crippen molar-refractivity contribution in [2.75, 3.05) is 13.2 Å². The van der Waals surface area contributed by atoms with Gasteiger partial charge in [0.25, 0.3) is 0 Å². The SMILES string of the molecule is CC(C)[CH2][AlH][CH2]C(C)C.O=CCCc1cccc2c1OCCO2. The number of carbonyl (C=O) groups excluding carboxylic acids is 1. The minimum absolute atomic E-state index is 0.316. The first-order valence-electron chi connectivity index (χ1n) is 8.85. The summed E-state index contributed by atoms with van der Waals surface area (Å²) < 4.78 is 10.9. The number of benzene rings is 1. The Balaban J connectivity index is 0.000000257. The third-order valence-corrected chi connectivity index (χ3v) is 6.87. The second-order valence-electron chi connectivity index (χ2n) is 6.87. The zero-order valence-corrected chi connectivity index (χ0v) is 16.6. The molecule has 1 heterocycles. The molecule has 0 atom stereocenters. The van der Waals surface area contributed by atoms with E-state index in [4.69, 9.17) is 9.47 Å². The quantitative estimate of drug-likeness (QED) is 0.555. The predicted molar refractivity (Wildman–Crippen MR) is 98.3 cm³/mol. The molecular weight excluding hydrogens is 303 g/mol. The monoisotopic (exact) mass is 334 g/mol. The Hall–Kier alpha value is -0.978. The molecule has 1 aliphatic heterocycles. The Morgan fingerprint density at radius 2 is 1.74 bits per heavy atom. The lowest BCUT2D eigenvalue weighted by Gasteiger charge is -2.20. The average Bonchev–Trinajstić information content (AvgIpc) is 2.53. The van der Waals surface area contributed by atoms with E-state index in [9.17, 15) is 4.79 Å². The number of fused-ring (bicyclic) bond motifs is 1. The van der Waals surface area contributed by atoms with Crippen molar-refractivity contribution >= 4 is 21.5 Å². The Morgan fingerprint density at radius 1 is 1.09 bits per heavy atom. The van der Waals surface area contributed by atoms with Gasteiger partial charge >= 0.3 is 0 Å². The molecule has 128 valence electrons. The van der Waals surface area contributed by atoms with Crippen molar-refractivity contribution in [1.82, 2.24) is 0 Å². The summed E-state index contributed by atoms with van der Waals surface area (Å²) in [5, 5.41) is 3.08. The highest BCUT2D eigenvalue weighted by molar-refractivity contribution is 6.35. The third-order valence-electron chi connectivity index (χ3n) is 3.74. The summed E-state index contributed by atoms with van der Waals surface area (Å²) in [4.78, 5) is 10.3. The number of aryl methyl sites for hydroxylation is 1. The van der Waals surface area contributed by atoms with Crippen LogP contribution in [-0.4, -0.2) is 34.7 Å². The fourth-order valence-corrected chi connectivity index (χ4v) is 4.35. The summed E-state index contributed by atoms with van der Waals surface area (Å²) >= 11 is 0.316. The molecule has 4 heteroatoms. The van der Waals surface area contributed by atoms with Gasteiger partial charge in [-0.1, -0.05) is 62.2 Å². The van der Waals surface area contributed by atoms with Crippen LogP contribution in [0.1, 0.15) is 39.7 Å². The molecule has 3 nitrogen and oxygen atoms in total. The van der Waals surface area contributed by atoms with Crippen LogP contribution in [0.25, 0.3) is 0 Å². The molecule has 0 unspecified atom stereocenters. The number of rotatable bonds is 7. The minimum atomic E-state index is 0.316. The van der Waals surface area contributed by atoms with E-state index in [2.05, 4.69) is 27.7 Å². The van der Waals surface area contributed by atoms with E-state index in [0.29, 0.717) is 34.9 Å². The zero-order chi connectivity index (χ0) is 17.1. The summed E-state index contributed by atoms with van der Waals surface area (Å²) in [6.45, 7) is 10.5. The van der Waals surface area contributed by atoms with Crippen molar-refractivity contribution < 1.29 is 14.3 Å². The minimum Gasteiger partial charge on any atom is -0.486 e. The fourth-order valence-electron chi connectivity index (χ4n) is 2.48. The van der Waals surface area contributed by atoms with Crippen LogP contribution < -0.4 is 9.47 Å². The van der Waals surface area contributed by atoms with Crippen LogP contribution in [0.15, 0.2) is 18.2 Å². The predicted octanol–water partition coefficient (Wildman–Crippen LogP) is 4.16. The smallest absolute Gasteiger partial charge is 0.237 e. The highest BCUT2D eigenvalue weighted by Crippen LogP contribution is 2.33. The lowest BCUT2D eigenvalue weighted by atomic mass is 10.1. The van der Waals surface area contributed by atoms with E-state index in [-0.39, 0.29) is 0 Å². The summed E-state index contributed by atoms with van der Waals surface area (Å²) in [6.07, 6.45) is 2.17. The Bertz CT molecular complexity index is 450. The number of hydrogen-bond acceptors (Lipinski definition) is 3. The highest BCUT2D eigenvalue weighted by Gasteiger charge is 2.14. The van der Waals surface area contributed by atoms with E-state index in [1.54, 1.807) is 0 Å². The molecule has 1 aromatic carbocycles. The van der Waals surface area contributed by atoms with Crippen LogP contribution in [0.2, 0.25) is 10.6 Å². The van der Waals surface area contributed by atoms with Crippen LogP contribution in [0.5, 0.6) is 11.5 Å². The second-order valence-corrected chi connectivity index (χ2v) is 8.73. The summed E-state index contributed by atoms with van der Waals surface area (Å²) in [7, 11) is 0. The number of aldehydes is 1. The molecule has 0 aliphatic carbocycles. The van der Waals surface area contributed by atoms with Gasteiger partial charge in [0.05, 0.1) is 0 Å². The first-order valence-corrected chi connectivity index (χ1v) is 10.9. The topological polar surface area (TPSA) is 35.5 Å². The standard InChI is InChI=1S/C11H12O3.2C4H9.Al.H/c12-6-2-4-9-3-1-5-10-11(9)14-8-7-13-10;2*1-4(2)3;;/h1,3,5-6H,2,4,7-8H2;2*4H,1H2,2-3H3;;. The van der Waals surface area contributed by atoms with Gasteiger partial charge in [0.2, 0.25) is 15.2 Å². The molecule has 0 N–H and O–H groups in total. The van der Waals surface area contributed by atoms with Crippen molar-refractivity contribution in [1.29, 1.82) is 0 Å². The molecule has 0 saturated carbocycles. The van der Waals surface area contributed by atoms with E-state index < -0.39 is 0 Å². The summed E-state index contributed by atoms with van der Waals surface area (Å²) in [6, 6.07) is 5.78. The molecule has 0 amide bonds. The van der Waals surface area contributed by atoms with Crippen LogP contribution >= 0.6 is 0 Å². The molecule has 0 saturated heterocycles. The lowest BCUT2D eigenvalue weighted by Crippen LogP contribution is -2.16. The Kier molecular flexibility index (Phi) is 10.1. The van der Waals surface area contributed by atoms with Crippen molar-refractivity contribution in [2.24, 2.45) is 11.8 Å². The molecule has 0 spiro atoms. The maximum atomic E-state index is 10.3. The number of hydrogen-bond donors (Lipinski definition) is 0. The number of carbonyl (C=O) groups is 1. The van der Waals surface area contributed by atoms with E-state index in [1.165, 1.54) is 10.6 Å². The molecule has 1 aromatic rings. The van der Waals surface area contributed by atoms with Gasteiger partial charge in [-0.15, -0.1) is 0 Å². The first kappa shape index (κ1) is 20.1. The molecule has 0 aromatic heterocycles. The van der Waals surface area contributed by atoms with Gasteiger partial charge in [0, 0.05) is 6.42 Å². The van der Waals surface area contributed by atoms with Crippen LogP contribution in [0.4, 0.5) is 0 Å². The van der Waals surface area contributed by atoms with Gasteiger partial charge in [-0.3, -0.25) is 0 Å². The Morgan fingerprint density at radius 3 is 2.35 bits per heavy atom. The number of ether oxygens (including phenoxy) is 2. The van der Waals surface area contributed by atoms with Gasteiger partial charge in [-0.2, -0.15) is 0 Å². The van der Waals surface area contributed by atoms with Gasteiger partial charge < -0.3 is 14.3 Å². The number of para-hydroxylation sites is 1. The maximum absolute atomic E-state index is 10.3. The lowest BCUT2D eigenvalue weighted by molar-refractivity contribution is -0.107. The van der Waals surface area contributed by atoms with Crippen LogP contribution in [0, 0.1) is 11.8 Å². The van der Waals surface area contributed by atoms with E-state index in [0.717, 1.165) is 41.6 Å². The van der Waals surface area contributed by atoms with Gasteiger partial charge in [-0.25, -0.2) is 0 Å².